The second kappa shape index (κ2) is 6.39. The Balaban J connectivity index is 1.76. The average Bonchev–Trinajstić information content (AvgIpc) is 2.97. The molecule has 0 bridgehead atoms. The zero-order valence-corrected chi connectivity index (χ0v) is 15.7. The zero-order chi connectivity index (χ0) is 17.6. The van der Waals surface area contributed by atoms with E-state index in [1.54, 1.807) is 17.4 Å². The molecule has 1 saturated heterocycles. The van der Waals surface area contributed by atoms with Gasteiger partial charge in [0.1, 0.15) is 11.3 Å². The minimum atomic E-state index is 0.275. The Labute approximate surface area is 152 Å². The van der Waals surface area contributed by atoms with Gasteiger partial charge >= 0.3 is 0 Å². The van der Waals surface area contributed by atoms with E-state index in [0.29, 0.717) is 5.92 Å². The fraction of sp³-hybridized carbons (Fsp3) is 0.400. The van der Waals surface area contributed by atoms with Gasteiger partial charge in [0.15, 0.2) is 0 Å². The third-order valence-corrected chi connectivity index (χ3v) is 6.06. The number of thiophene rings is 1. The molecule has 1 N–H and O–H groups in total. The fourth-order valence-corrected chi connectivity index (χ4v) is 4.97. The minimum Gasteiger partial charge on any atom is -0.507 e. The van der Waals surface area contributed by atoms with Gasteiger partial charge in [-0.15, -0.1) is 21.5 Å². The number of aryl methyl sites for hydroxylation is 2. The van der Waals surface area contributed by atoms with E-state index in [9.17, 15) is 5.11 Å². The van der Waals surface area contributed by atoms with Crippen molar-refractivity contribution in [2.75, 3.05) is 20.1 Å². The molecule has 4 nitrogen and oxygen atoms in total. The molecule has 1 aliphatic heterocycles. The first kappa shape index (κ1) is 16.5. The van der Waals surface area contributed by atoms with E-state index in [-0.39, 0.29) is 5.75 Å². The van der Waals surface area contributed by atoms with Crippen LogP contribution in [0.2, 0.25) is 0 Å². The molecule has 1 unspecified atom stereocenters. The van der Waals surface area contributed by atoms with E-state index in [1.165, 1.54) is 24.9 Å². The number of hydrogen-bond acceptors (Lipinski definition) is 5. The van der Waals surface area contributed by atoms with Crippen molar-refractivity contribution >= 4 is 21.6 Å². The van der Waals surface area contributed by atoms with Crippen LogP contribution in [-0.4, -0.2) is 40.3 Å². The van der Waals surface area contributed by atoms with Gasteiger partial charge in [0.2, 0.25) is 0 Å². The Hall–Kier alpha value is -1.98. The summed E-state index contributed by atoms with van der Waals surface area (Å²) in [5.41, 5.74) is 5.96. The lowest BCUT2D eigenvalue weighted by molar-refractivity contribution is 0.251. The number of phenolic OH excluding ortho intramolecular Hbond substituents is 1. The number of likely N-dealkylation sites (N-methyl/N-ethyl adjacent to an activating group) is 1. The molecule has 4 rings (SSSR count). The Morgan fingerprint density at radius 2 is 2.04 bits per heavy atom. The number of benzene rings is 1. The van der Waals surface area contributed by atoms with E-state index in [1.807, 2.05) is 13.8 Å². The summed E-state index contributed by atoms with van der Waals surface area (Å²) in [6.07, 6.45) is 2.46. The first-order valence-electron chi connectivity index (χ1n) is 8.77. The number of aromatic nitrogens is 2. The van der Waals surface area contributed by atoms with Crippen molar-refractivity contribution in [1.29, 1.82) is 0 Å². The molecule has 25 heavy (non-hydrogen) atoms. The largest absolute Gasteiger partial charge is 0.507 e. The lowest BCUT2D eigenvalue weighted by Crippen LogP contribution is -2.30. The number of fused-ring (bicyclic) bond motifs is 1. The van der Waals surface area contributed by atoms with E-state index in [4.69, 9.17) is 0 Å². The van der Waals surface area contributed by atoms with Crippen LogP contribution in [0.15, 0.2) is 23.6 Å². The summed E-state index contributed by atoms with van der Waals surface area (Å²) in [6, 6.07) is 5.92. The van der Waals surface area contributed by atoms with Gasteiger partial charge in [-0.1, -0.05) is 6.07 Å². The molecule has 1 fully saturated rings. The lowest BCUT2D eigenvalue weighted by atomic mass is 9.92. The minimum absolute atomic E-state index is 0.275. The molecule has 1 atom stereocenters. The number of piperidine rings is 1. The Morgan fingerprint density at radius 1 is 1.20 bits per heavy atom. The van der Waals surface area contributed by atoms with Crippen molar-refractivity contribution in [3.63, 3.8) is 0 Å². The predicted octanol–water partition coefficient (Wildman–Crippen LogP) is 4.49. The van der Waals surface area contributed by atoms with Crippen LogP contribution < -0.4 is 0 Å². The highest BCUT2D eigenvalue weighted by Crippen LogP contribution is 2.38. The van der Waals surface area contributed by atoms with Gasteiger partial charge in [0.05, 0.1) is 10.4 Å². The zero-order valence-electron chi connectivity index (χ0n) is 14.9. The maximum atomic E-state index is 10.4. The summed E-state index contributed by atoms with van der Waals surface area (Å²) < 4.78 is 1.15. The van der Waals surface area contributed by atoms with Crippen molar-refractivity contribution < 1.29 is 5.11 Å². The quantitative estimate of drug-likeness (QED) is 0.737. The molecule has 0 spiro atoms. The van der Waals surface area contributed by atoms with Crippen LogP contribution in [-0.2, 0) is 0 Å². The molecule has 1 aliphatic rings. The first-order chi connectivity index (χ1) is 12.0. The monoisotopic (exact) mass is 353 g/mol. The molecule has 5 heteroatoms. The van der Waals surface area contributed by atoms with Crippen molar-refractivity contribution in [3.05, 3.63) is 40.3 Å². The number of nitrogens with zero attached hydrogens (tertiary/aromatic N) is 3. The second-order valence-electron chi connectivity index (χ2n) is 7.21. The molecule has 2 aromatic heterocycles. The molecule has 0 amide bonds. The number of likely N-dealkylation sites (tertiary alicyclic amines) is 1. The predicted molar refractivity (Wildman–Crippen MR) is 103 cm³/mol. The molecule has 3 aromatic rings. The van der Waals surface area contributed by atoms with Crippen LogP contribution in [0.4, 0.5) is 0 Å². The number of aromatic hydroxyl groups is 1. The second-order valence-corrected chi connectivity index (χ2v) is 8.12. The summed E-state index contributed by atoms with van der Waals surface area (Å²) in [5.74, 6) is 0.819. The van der Waals surface area contributed by atoms with E-state index in [0.717, 1.165) is 39.1 Å². The van der Waals surface area contributed by atoms with Crippen LogP contribution >= 0.6 is 11.3 Å². The Morgan fingerprint density at radius 3 is 2.80 bits per heavy atom. The number of rotatable bonds is 2. The van der Waals surface area contributed by atoms with Crippen LogP contribution in [0, 0.1) is 13.8 Å². The Kier molecular flexibility index (Phi) is 4.21. The number of phenols is 1. The Bertz CT molecular complexity index is 911. The summed E-state index contributed by atoms with van der Waals surface area (Å²) in [5, 5.41) is 21.6. The highest BCUT2D eigenvalue weighted by atomic mass is 32.1. The molecule has 0 radical (unpaired) electrons. The topological polar surface area (TPSA) is 49.2 Å². The van der Waals surface area contributed by atoms with Gasteiger partial charge in [-0.25, -0.2) is 0 Å². The van der Waals surface area contributed by atoms with Gasteiger partial charge in [-0.05, 0) is 80.4 Å². The summed E-state index contributed by atoms with van der Waals surface area (Å²) in [7, 11) is 2.19. The van der Waals surface area contributed by atoms with Gasteiger partial charge in [-0.3, -0.25) is 0 Å². The van der Waals surface area contributed by atoms with Gasteiger partial charge < -0.3 is 10.0 Å². The number of hydrogen-bond donors (Lipinski definition) is 1. The first-order valence-corrected chi connectivity index (χ1v) is 9.65. The summed E-state index contributed by atoms with van der Waals surface area (Å²) in [6.45, 7) is 6.26. The van der Waals surface area contributed by atoms with E-state index in [2.05, 4.69) is 39.7 Å². The smallest absolute Gasteiger partial charge is 0.125 e. The van der Waals surface area contributed by atoms with Gasteiger partial charge in [0.25, 0.3) is 0 Å². The van der Waals surface area contributed by atoms with Crippen molar-refractivity contribution in [1.82, 2.24) is 15.1 Å². The highest BCUT2D eigenvalue weighted by Gasteiger charge is 2.23. The third kappa shape index (κ3) is 3.02. The SMILES string of the molecule is Cc1cc(C)c(-c2cc3scc(C4CCCN(C)C4)c3nn2)c(O)c1. The lowest BCUT2D eigenvalue weighted by Gasteiger charge is -2.29. The van der Waals surface area contributed by atoms with Gasteiger partial charge in [0, 0.05) is 12.1 Å². The van der Waals surface area contributed by atoms with Crippen LogP contribution in [0.5, 0.6) is 5.75 Å². The summed E-state index contributed by atoms with van der Waals surface area (Å²) >= 11 is 1.73. The molecular weight excluding hydrogens is 330 g/mol. The van der Waals surface area contributed by atoms with Gasteiger partial charge in [-0.2, -0.15) is 0 Å². The van der Waals surface area contributed by atoms with E-state index < -0.39 is 0 Å². The van der Waals surface area contributed by atoms with E-state index >= 15 is 0 Å². The molecule has 0 saturated carbocycles. The highest BCUT2D eigenvalue weighted by molar-refractivity contribution is 7.17. The maximum Gasteiger partial charge on any atom is 0.125 e. The molecular formula is C20H23N3OS. The fourth-order valence-electron chi connectivity index (χ4n) is 3.96. The molecule has 1 aromatic carbocycles. The standard InChI is InChI=1S/C20H23N3OS/c1-12-7-13(2)19(17(24)8-12)16-9-18-20(22-21-16)15(11-25-18)14-5-4-6-23(3)10-14/h7-9,11,14,24H,4-6,10H2,1-3H3. The van der Waals surface area contributed by atoms with Crippen LogP contribution in [0.3, 0.4) is 0 Å². The molecule has 130 valence electrons. The average molecular weight is 353 g/mol. The van der Waals surface area contributed by atoms with Crippen LogP contribution in [0.1, 0.15) is 35.4 Å². The third-order valence-electron chi connectivity index (χ3n) is 5.12. The maximum absolute atomic E-state index is 10.4. The normalized spacial score (nSPS) is 18.8. The van der Waals surface area contributed by atoms with Crippen molar-refractivity contribution in [3.8, 4) is 17.0 Å². The molecule has 0 aliphatic carbocycles. The van der Waals surface area contributed by atoms with Crippen molar-refractivity contribution in [2.45, 2.75) is 32.6 Å². The summed E-state index contributed by atoms with van der Waals surface area (Å²) in [4.78, 5) is 2.40. The van der Waals surface area contributed by atoms with Crippen LogP contribution in [0.25, 0.3) is 21.5 Å². The molecule has 3 heterocycles. The van der Waals surface area contributed by atoms with Crippen molar-refractivity contribution in [2.24, 2.45) is 0 Å².